The van der Waals surface area contributed by atoms with Crippen LogP contribution < -0.4 is 4.74 Å². The zero-order valence-corrected chi connectivity index (χ0v) is 31.8. The van der Waals surface area contributed by atoms with Crippen LogP contribution in [-0.2, 0) is 4.74 Å². The van der Waals surface area contributed by atoms with Crippen LogP contribution >= 0.6 is 0 Å². The molecule has 6 aromatic carbocycles. The van der Waals surface area contributed by atoms with E-state index in [-0.39, 0.29) is 12.4 Å². The highest BCUT2D eigenvalue weighted by molar-refractivity contribution is 5.92. The molecule has 1 N–H and O–H groups in total. The molecule has 0 amide bonds. The minimum absolute atomic E-state index is 0.0909. The van der Waals surface area contributed by atoms with Gasteiger partial charge in [-0.3, -0.25) is 0 Å². The molecule has 0 saturated carbocycles. The molecule has 6 aromatic rings. The topological polar surface area (TPSA) is 38.7 Å². The summed E-state index contributed by atoms with van der Waals surface area (Å²) in [5, 5.41) is 11.9. The predicted molar refractivity (Wildman–Crippen MR) is 218 cm³/mol. The van der Waals surface area contributed by atoms with Crippen molar-refractivity contribution in [1.29, 1.82) is 0 Å². The van der Waals surface area contributed by atoms with Gasteiger partial charge in [-0.25, -0.2) is 0 Å². The molecule has 5 atom stereocenters. The molecule has 0 fully saturated rings. The van der Waals surface area contributed by atoms with Crippen molar-refractivity contribution in [1.82, 2.24) is 0 Å². The highest BCUT2D eigenvalue weighted by Crippen LogP contribution is 2.47. The van der Waals surface area contributed by atoms with E-state index < -0.39 is 0 Å². The van der Waals surface area contributed by atoms with Crippen molar-refractivity contribution >= 4 is 10.8 Å². The third kappa shape index (κ3) is 7.96. The van der Waals surface area contributed by atoms with E-state index in [0.29, 0.717) is 29.4 Å². The van der Waals surface area contributed by atoms with Crippen LogP contribution in [0.2, 0.25) is 0 Å². The normalized spacial score (nSPS) is 17.1. The van der Waals surface area contributed by atoms with Gasteiger partial charge in [0.1, 0.15) is 17.6 Å². The fraction of sp³-hybridized carbons (Fsp3) is 0.306. The molecule has 0 saturated heterocycles. The largest absolute Gasteiger partial charge is 0.508 e. The van der Waals surface area contributed by atoms with E-state index >= 15 is 0 Å². The van der Waals surface area contributed by atoms with Crippen LogP contribution in [0.5, 0.6) is 11.5 Å². The molecule has 0 radical (unpaired) electrons. The molecule has 0 bridgehead atoms. The Kier molecular flexibility index (Phi) is 11.8. The van der Waals surface area contributed by atoms with Gasteiger partial charge in [-0.05, 0) is 123 Å². The first kappa shape index (κ1) is 36.9. The Bertz CT molecular complexity index is 1970. The predicted octanol–water partition coefficient (Wildman–Crippen LogP) is 13.7. The average molecular weight is 691 g/mol. The first-order valence-electron chi connectivity index (χ1n) is 19.1. The number of fused-ring (bicyclic) bond motifs is 3. The number of benzene rings is 6. The number of hydrogen-bond acceptors (Lipinski definition) is 3. The van der Waals surface area contributed by atoms with Crippen LogP contribution in [0.4, 0.5) is 0 Å². The Labute approximate surface area is 311 Å². The summed E-state index contributed by atoms with van der Waals surface area (Å²) >= 11 is 0. The third-order valence-electron chi connectivity index (χ3n) is 11.2. The summed E-state index contributed by atoms with van der Waals surface area (Å²) in [5.41, 5.74) is 10.6. The van der Waals surface area contributed by atoms with Gasteiger partial charge in [0.05, 0.1) is 0 Å². The first-order chi connectivity index (χ1) is 25.2. The van der Waals surface area contributed by atoms with Gasteiger partial charge < -0.3 is 14.6 Å². The summed E-state index contributed by atoms with van der Waals surface area (Å²) in [6, 6.07) is 46.1. The molecule has 8 rings (SSSR count). The standard InChI is InChI=1S/C25H26O2.C14H14.C10H14O/c1-4-17(2)19-13-15-20(16-14-19)26-18(3)27-25-23-11-7-5-9-21(23)22-10-6-8-12-24(22)25;1-9-10(2)13-8-4-6-11-5-3-7-12(9)14(11)13;1-3-8(2)9-4-6-10(11)7-5-9/h5-18,25H,4H2,1-3H3;3-10H,1-2H3;4-8,11H,3H2,1-2H3. The van der Waals surface area contributed by atoms with E-state index in [4.69, 9.17) is 14.6 Å². The fourth-order valence-corrected chi connectivity index (χ4v) is 7.51. The SMILES string of the molecule is CC1c2cccc3cccc(c23)C1C.CCC(C)c1ccc(O)cc1.CCC(C)c1ccc(OC(C)OC2c3ccccc3-c3ccccc32)cc1. The Hall–Kier alpha value is -4.86. The van der Waals surface area contributed by atoms with Crippen molar-refractivity contribution in [2.24, 2.45) is 0 Å². The number of hydrogen-bond donors (Lipinski definition) is 1. The van der Waals surface area contributed by atoms with Crippen LogP contribution in [-0.4, -0.2) is 11.4 Å². The quantitative estimate of drug-likeness (QED) is 0.162. The van der Waals surface area contributed by atoms with Gasteiger partial charge in [0.15, 0.2) is 6.29 Å². The van der Waals surface area contributed by atoms with Gasteiger partial charge in [-0.15, -0.1) is 0 Å². The van der Waals surface area contributed by atoms with E-state index in [0.717, 1.165) is 18.6 Å². The molecule has 2 aliphatic carbocycles. The molecule has 0 aromatic heterocycles. The molecule has 5 unspecified atom stereocenters. The first-order valence-corrected chi connectivity index (χ1v) is 19.1. The highest BCUT2D eigenvalue weighted by Gasteiger charge is 2.30. The van der Waals surface area contributed by atoms with Crippen LogP contribution in [0.25, 0.3) is 21.9 Å². The molecule has 0 heterocycles. The molecule has 0 aliphatic heterocycles. The van der Waals surface area contributed by atoms with Crippen LogP contribution in [0.15, 0.2) is 133 Å². The van der Waals surface area contributed by atoms with Gasteiger partial charge in [0.2, 0.25) is 0 Å². The molecular weight excluding hydrogens is 637 g/mol. The maximum Gasteiger partial charge on any atom is 0.198 e. The van der Waals surface area contributed by atoms with Crippen LogP contribution in [0.1, 0.15) is 124 Å². The van der Waals surface area contributed by atoms with Gasteiger partial charge in [-0.2, -0.15) is 0 Å². The van der Waals surface area contributed by atoms with Gasteiger partial charge in [-0.1, -0.05) is 151 Å². The zero-order valence-electron chi connectivity index (χ0n) is 31.8. The minimum atomic E-state index is -0.344. The van der Waals surface area contributed by atoms with Crippen molar-refractivity contribution in [3.63, 3.8) is 0 Å². The zero-order chi connectivity index (χ0) is 36.8. The summed E-state index contributed by atoms with van der Waals surface area (Å²) < 4.78 is 12.4. The molecule has 2 aliphatic rings. The summed E-state index contributed by atoms with van der Waals surface area (Å²) in [7, 11) is 0. The van der Waals surface area contributed by atoms with E-state index in [9.17, 15) is 0 Å². The summed E-state index contributed by atoms with van der Waals surface area (Å²) in [6.07, 6.45) is 1.85. The maximum atomic E-state index is 9.01. The van der Waals surface area contributed by atoms with Crippen molar-refractivity contribution in [2.45, 2.75) is 97.4 Å². The number of rotatable bonds is 8. The second-order valence-electron chi connectivity index (χ2n) is 14.5. The lowest BCUT2D eigenvalue weighted by molar-refractivity contribution is -0.0945. The maximum absolute atomic E-state index is 9.01. The minimum Gasteiger partial charge on any atom is -0.508 e. The fourth-order valence-electron chi connectivity index (χ4n) is 7.51. The molecule has 52 heavy (non-hydrogen) atoms. The smallest absolute Gasteiger partial charge is 0.198 e. The van der Waals surface area contributed by atoms with Gasteiger partial charge >= 0.3 is 0 Å². The Balaban J connectivity index is 0.000000154. The number of phenolic OH excluding ortho intramolecular Hbond substituents is 1. The number of phenols is 1. The molecular formula is C49H54O3. The molecule has 3 nitrogen and oxygen atoms in total. The molecule has 3 heteroatoms. The second kappa shape index (κ2) is 16.7. The lowest BCUT2D eigenvalue weighted by Crippen LogP contribution is -2.19. The van der Waals surface area contributed by atoms with E-state index in [1.54, 1.807) is 12.1 Å². The monoisotopic (exact) mass is 690 g/mol. The summed E-state index contributed by atoms with van der Waals surface area (Å²) in [5.74, 6) is 3.70. The number of aromatic hydroxyl groups is 1. The molecule has 0 spiro atoms. The lowest BCUT2D eigenvalue weighted by atomic mass is 9.94. The highest BCUT2D eigenvalue weighted by atomic mass is 16.7. The van der Waals surface area contributed by atoms with Crippen LogP contribution in [0, 0.1) is 0 Å². The van der Waals surface area contributed by atoms with E-state index in [1.165, 1.54) is 55.3 Å². The Morgan fingerprint density at radius 3 is 1.46 bits per heavy atom. The molecule has 268 valence electrons. The summed E-state index contributed by atoms with van der Waals surface area (Å²) in [6.45, 7) is 15.4. The second-order valence-corrected chi connectivity index (χ2v) is 14.5. The van der Waals surface area contributed by atoms with E-state index in [2.05, 4.69) is 139 Å². The van der Waals surface area contributed by atoms with E-state index in [1.807, 2.05) is 31.2 Å². The number of ether oxygens (including phenoxy) is 2. The van der Waals surface area contributed by atoms with Crippen molar-refractivity contribution < 1.29 is 14.6 Å². The average Bonchev–Trinajstić information content (AvgIpc) is 3.63. The van der Waals surface area contributed by atoms with Gasteiger partial charge in [0.25, 0.3) is 0 Å². The van der Waals surface area contributed by atoms with Crippen molar-refractivity contribution in [3.8, 4) is 22.6 Å². The lowest BCUT2D eigenvalue weighted by Gasteiger charge is -2.22. The van der Waals surface area contributed by atoms with Crippen molar-refractivity contribution in [3.05, 3.63) is 167 Å². The summed E-state index contributed by atoms with van der Waals surface area (Å²) in [4.78, 5) is 0. The van der Waals surface area contributed by atoms with Gasteiger partial charge in [0, 0.05) is 0 Å². The Morgan fingerprint density at radius 2 is 0.981 bits per heavy atom. The van der Waals surface area contributed by atoms with Crippen LogP contribution in [0.3, 0.4) is 0 Å². The third-order valence-corrected chi connectivity index (χ3v) is 11.2. The van der Waals surface area contributed by atoms with Crippen molar-refractivity contribution in [2.75, 3.05) is 0 Å². The Morgan fingerprint density at radius 1 is 0.538 bits per heavy atom.